The summed E-state index contributed by atoms with van der Waals surface area (Å²) in [5.74, 6) is -0.924. The predicted molar refractivity (Wildman–Crippen MR) is 87.2 cm³/mol. The van der Waals surface area contributed by atoms with Gasteiger partial charge in [0, 0.05) is 13.0 Å². The van der Waals surface area contributed by atoms with Crippen molar-refractivity contribution in [3.63, 3.8) is 0 Å². The van der Waals surface area contributed by atoms with Gasteiger partial charge >= 0.3 is 5.97 Å². The average molecular weight is 319 g/mol. The van der Waals surface area contributed by atoms with Crippen LogP contribution in [0.3, 0.4) is 0 Å². The fraction of sp³-hybridized carbons (Fsp3) is 0.556. The van der Waals surface area contributed by atoms with Gasteiger partial charge in [-0.15, -0.1) is 0 Å². The molecular formula is C18H25NO4. The molecule has 23 heavy (non-hydrogen) atoms. The first-order chi connectivity index (χ1) is 11.1. The molecule has 1 aliphatic rings. The highest BCUT2D eigenvalue weighted by Gasteiger charge is 2.40. The van der Waals surface area contributed by atoms with Crippen molar-refractivity contribution >= 4 is 11.9 Å². The molecule has 5 heteroatoms. The molecule has 1 saturated carbocycles. The van der Waals surface area contributed by atoms with Crippen molar-refractivity contribution in [1.82, 2.24) is 5.32 Å². The number of carbonyl (C=O) groups is 2. The van der Waals surface area contributed by atoms with Gasteiger partial charge in [-0.1, -0.05) is 30.3 Å². The molecular weight excluding hydrogens is 294 g/mol. The lowest BCUT2D eigenvalue weighted by atomic mass is 9.74. The zero-order chi connectivity index (χ0) is 16.5. The van der Waals surface area contributed by atoms with Crippen LogP contribution in [-0.2, 0) is 20.7 Å². The summed E-state index contributed by atoms with van der Waals surface area (Å²) < 4.78 is 5.55. The first-order valence-electron chi connectivity index (χ1n) is 8.24. The van der Waals surface area contributed by atoms with E-state index in [0.29, 0.717) is 26.1 Å². The van der Waals surface area contributed by atoms with Gasteiger partial charge in [0.1, 0.15) is 0 Å². The molecule has 126 valence electrons. The van der Waals surface area contributed by atoms with Crippen LogP contribution >= 0.6 is 0 Å². The number of hydrogen-bond donors (Lipinski definition) is 2. The molecule has 2 N–H and O–H groups in total. The molecule has 1 aromatic carbocycles. The van der Waals surface area contributed by atoms with Crippen LogP contribution in [0.4, 0.5) is 0 Å². The summed E-state index contributed by atoms with van der Waals surface area (Å²) in [6.45, 7) is 1.20. The van der Waals surface area contributed by atoms with E-state index in [1.54, 1.807) is 0 Å². The molecule has 0 bridgehead atoms. The van der Waals surface area contributed by atoms with Gasteiger partial charge in [-0.2, -0.15) is 0 Å². The fourth-order valence-electron chi connectivity index (χ4n) is 2.87. The Hall–Kier alpha value is -1.88. The Bertz CT molecular complexity index is 511. The molecule has 0 aliphatic heterocycles. The van der Waals surface area contributed by atoms with Gasteiger partial charge < -0.3 is 15.2 Å². The number of hydrogen-bond acceptors (Lipinski definition) is 3. The van der Waals surface area contributed by atoms with Crippen molar-refractivity contribution in [2.45, 2.75) is 50.5 Å². The Morgan fingerprint density at radius 3 is 2.52 bits per heavy atom. The lowest BCUT2D eigenvalue weighted by Crippen LogP contribution is -2.54. The third kappa shape index (κ3) is 6.02. The van der Waals surface area contributed by atoms with Crippen LogP contribution in [0, 0.1) is 0 Å². The minimum atomic E-state index is -0.853. The van der Waals surface area contributed by atoms with E-state index < -0.39 is 11.5 Å². The molecule has 0 spiro atoms. The Kier molecular flexibility index (Phi) is 6.59. The summed E-state index contributed by atoms with van der Waals surface area (Å²) in [5.41, 5.74) is 0.739. The number of benzene rings is 1. The van der Waals surface area contributed by atoms with Gasteiger partial charge in [0.15, 0.2) is 0 Å². The lowest BCUT2D eigenvalue weighted by Gasteiger charge is -2.41. The van der Waals surface area contributed by atoms with E-state index in [1.165, 1.54) is 5.56 Å². The molecule has 1 fully saturated rings. The second-order valence-corrected chi connectivity index (χ2v) is 6.20. The maximum absolute atomic E-state index is 11.9. The molecule has 0 aromatic heterocycles. The number of rotatable bonds is 10. The Balaban J connectivity index is 1.55. The van der Waals surface area contributed by atoms with Crippen LogP contribution in [0.15, 0.2) is 30.3 Å². The number of amides is 1. The van der Waals surface area contributed by atoms with Crippen LogP contribution in [0.2, 0.25) is 0 Å². The topological polar surface area (TPSA) is 75.6 Å². The normalized spacial score (nSPS) is 15.7. The van der Waals surface area contributed by atoms with Gasteiger partial charge in [0.05, 0.1) is 18.6 Å². The van der Waals surface area contributed by atoms with Crippen molar-refractivity contribution in [2.75, 3.05) is 13.2 Å². The van der Waals surface area contributed by atoms with Crippen LogP contribution in [0.1, 0.15) is 44.1 Å². The standard InChI is InChI=1S/C18H25NO4/c20-16(19-18(10-5-11-18)14-17(21)22)8-4-12-23-13-9-15-6-2-1-3-7-15/h1-3,6-7H,4-5,8-14H2,(H,19,20)(H,21,22). The van der Waals surface area contributed by atoms with Crippen LogP contribution in [-0.4, -0.2) is 35.7 Å². The third-order valence-electron chi connectivity index (χ3n) is 4.28. The maximum Gasteiger partial charge on any atom is 0.305 e. The number of carboxylic acid groups (broad SMARTS) is 1. The summed E-state index contributed by atoms with van der Waals surface area (Å²) in [4.78, 5) is 22.8. The molecule has 0 heterocycles. The summed E-state index contributed by atoms with van der Waals surface area (Å²) in [5, 5.41) is 11.8. The van der Waals surface area contributed by atoms with Gasteiger partial charge in [-0.25, -0.2) is 0 Å². The molecule has 0 atom stereocenters. The molecule has 5 nitrogen and oxygen atoms in total. The molecule has 0 saturated heterocycles. The van der Waals surface area contributed by atoms with Crippen LogP contribution in [0.5, 0.6) is 0 Å². The molecule has 0 radical (unpaired) electrons. The van der Waals surface area contributed by atoms with Gasteiger partial charge in [-0.05, 0) is 37.7 Å². The number of carboxylic acids is 1. The molecule has 0 unspecified atom stereocenters. The second kappa shape index (κ2) is 8.67. The molecule has 1 aromatic rings. The number of ether oxygens (including phenoxy) is 1. The summed E-state index contributed by atoms with van der Waals surface area (Å²) >= 11 is 0. The van der Waals surface area contributed by atoms with E-state index in [9.17, 15) is 9.59 Å². The molecule has 1 aliphatic carbocycles. The van der Waals surface area contributed by atoms with Crippen LogP contribution < -0.4 is 5.32 Å². The van der Waals surface area contributed by atoms with Crippen molar-refractivity contribution in [3.8, 4) is 0 Å². The number of aliphatic carboxylic acids is 1. The highest BCUT2D eigenvalue weighted by molar-refractivity contribution is 5.78. The van der Waals surface area contributed by atoms with Crippen molar-refractivity contribution in [2.24, 2.45) is 0 Å². The highest BCUT2D eigenvalue weighted by Crippen LogP contribution is 2.34. The zero-order valence-electron chi connectivity index (χ0n) is 13.4. The van der Waals surface area contributed by atoms with Crippen LogP contribution in [0.25, 0.3) is 0 Å². The highest BCUT2D eigenvalue weighted by atomic mass is 16.5. The molecule has 2 rings (SSSR count). The lowest BCUT2D eigenvalue weighted by molar-refractivity contribution is -0.140. The van der Waals surface area contributed by atoms with Crippen molar-refractivity contribution in [1.29, 1.82) is 0 Å². The van der Waals surface area contributed by atoms with Gasteiger partial charge in [-0.3, -0.25) is 9.59 Å². The Morgan fingerprint density at radius 2 is 1.91 bits per heavy atom. The predicted octanol–water partition coefficient (Wildman–Crippen LogP) is 2.54. The largest absolute Gasteiger partial charge is 0.481 e. The van der Waals surface area contributed by atoms with E-state index in [0.717, 1.165) is 25.7 Å². The second-order valence-electron chi connectivity index (χ2n) is 6.20. The smallest absolute Gasteiger partial charge is 0.305 e. The minimum Gasteiger partial charge on any atom is -0.481 e. The quantitative estimate of drug-likeness (QED) is 0.650. The minimum absolute atomic E-state index is 0.0202. The average Bonchev–Trinajstić information content (AvgIpc) is 2.49. The Morgan fingerprint density at radius 1 is 1.17 bits per heavy atom. The van der Waals surface area contributed by atoms with E-state index in [2.05, 4.69) is 17.4 Å². The number of nitrogens with one attached hydrogen (secondary N) is 1. The first-order valence-corrected chi connectivity index (χ1v) is 8.24. The third-order valence-corrected chi connectivity index (χ3v) is 4.28. The SMILES string of the molecule is O=C(O)CC1(NC(=O)CCCOCCc2ccccc2)CCC1. The summed E-state index contributed by atoms with van der Waals surface area (Å²) in [7, 11) is 0. The van der Waals surface area contributed by atoms with E-state index >= 15 is 0 Å². The van der Waals surface area contributed by atoms with Crippen molar-refractivity contribution < 1.29 is 19.4 Å². The molecule has 1 amide bonds. The van der Waals surface area contributed by atoms with Gasteiger partial charge in [0.2, 0.25) is 5.91 Å². The van der Waals surface area contributed by atoms with Gasteiger partial charge in [0.25, 0.3) is 0 Å². The van der Waals surface area contributed by atoms with E-state index in [1.807, 2.05) is 18.2 Å². The fourth-order valence-corrected chi connectivity index (χ4v) is 2.87. The first kappa shape index (κ1) is 17.5. The Labute approximate surface area is 137 Å². The summed E-state index contributed by atoms with van der Waals surface area (Å²) in [6.07, 6.45) is 4.44. The van der Waals surface area contributed by atoms with E-state index in [4.69, 9.17) is 9.84 Å². The summed E-state index contributed by atoms with van der Waals surface area (Å²) in [6, 6.07) is 10.1. The number of carbonyl (C=O) groups excluding carboxylic acids is 1. The van der Waals surface area contributed by atoms with Crippen molar-refractivity contribution in [3.05, 3.63) is 35.9 Å². The van der Waals surface area contributed by atoms with E-state index in [-0.39, 0.29) is 12.3 Å². The zero-order valence-corrected chi connectivity index (χ0v) is 13.4. The maximum atomic E-state index is 11.9. The monoisotopic (exact) mass is 319 g/mol.